The van der Waals surface area contributed by atoms with Gasteiger partial charge in [-0.25, -0.2) is 14.8 Å². The first kappa shape index (κ1) is 21.6. The molecule has 0 saturated heterocycles. The van der Waals surface area contributed by atoms with Crippen LogP contribution in [-0.4, -0.2) is 41.3 Å². The number of allylic oxidation sites excluding steroid dienone is 2. The predicted molar refractivity (Wildman–Crippen MR) is 117 cm³/mol. The molecule has 8 heteroatoms. The van der Waals surface area contributed by atoms with Gasteiger partial charge in [0.25, 0.3) is 0 Å². The van der Waals surface area contributed by atoms with Gasteiger partial charge in [-0.05, 0) is 38.0 Å². The van der Waals surface area contributed by atoms with Crippen LogP contribution in [0.1, 0.15) is 25.8 Å². The molecule has 29 heavy (non-hydrogen) atoms. The predicted octanol–water partition coefficient (Wildman–Crippen LogP) is 1.48. The summed E-state index contributed by atoms with van der Waals surface area (Å²) >= 11 is 0. The van der Waals surface area contributed by atoms with Crippen LogP contribution in [0.3, 0.4) is 0 Å². The van der Waals surface area contributed by atoms with Crippen molar-refractivity contribution in [3.63, 3.8) is 0 Å². The SMILES string of the molecule is C=C(N)N=C(C1=CCN(C(=O)NCC)CC1)/C(C#Cc1ccc(N)nc1)=C(/C)N. The van der Waals surface area contributed by atoms with Crippen molar-refractivity contribution in [3.8, 4) is 11.8 Å². The fraction of sp³-hybridized carbons (Fsp3) is 0.286. The van der Waals surface area contributed by atoms with Crippen LogP contribution in [0.25, 0.3) is 0 Å². The average Bonchev–Trinajstić information content (AvgIpc) is 2.68. The molecule has 0 spiro atoms. The van der Waals surface area contributed by atoms with Gasteiger partial charge in [0.2, 0.25) is 0 Å². The Morgan fingerprint density at radius 2 is 2.17 bits per heavy atom. The van der Waals surface area contributed by atoms with Gasteiger partial charge in [0.15, 0.2) is 0 Å². The molecule has 0 aliphatic carbocycles. The number of rotatable bonds is 4. The lowest BCUT2D eigenvalue weighted by Gasteiger charge is -2.27. The zero-order valence-corrected chi connectivity index (χ0v) is 16.8. The maximum Gasteiger partial charge on any atom is 0.317 e. The highest BCUT2D eigenvalue weighted by Crippen LogP contribution is 2.19. The van der Waals surface area contributed by atoms with E-state index < -0.39 is 0 Å². The molecule has 7 N–H and O–H groups in total. The standard InChI is InChI=1S/C21H27N7O/c1-4-25-21(29)28-11-9-17(10-12-28)20(27-15(3)23)18(14(2)22)7-5-16-6-8-19(24)26-13-16/h6,8-9,13H,3-4,10-12,22-23H2,1-2H3,(H2,24,26)(H,25,29)/b18-14-,27-20?. The van der Waals surface area contributed by atoms with Crippen LogP contribution in [-0.2, 0) is 0 Å². The number of carbonyl (C=O) groups is 1. The van der Waals surface area contributed by atoms with Gasteiger partial charge in [0.1, 0.15) is 11.6 Å². The van der Waals surface area contributed by atoms with Gasteiger partial charge in [-0.2, -0.15) is 0 Å². The van der Waals surface area contributed by atoms with E-state index in [0.717, 1.165) is 5.57 Å². The van der Waals surface area contributed by atoms with Crippen LogP contribution in [0.5, 0.6) is 0 Å². The molecular formula is C21H27N7O. The number of aromatic nitrogens is 1. The van der Waals surface area contributed by atoms with E-state index in [1.807, 2.05) is 13.0 Å². The van der Waals surface area contributed by atoms with Crippen molar-refractivity contribution in [2.45, 2.75) is 20.3 Å². The maximum absolute atomic E-state index is 12.0. The molecule has 2 amide bonds. The van der Waals surface area contributed by atoms with E-state index in [-0.39, 0.29) is 11.9 Å². The number of nitrogens with one attached hydrogen (secondary N) is 1. The van der Waals surface area contributed by atoms with Gasteiger partial charge in [-0.15, -0.1) is 0 Å². The number of hydrogen-bond acceptors (Lipinski definition) is 6. The number of nitrogen functional groups attached to an aromatic ring is 1. The second-order valence-corrected chi connectivity index (χ2v) is 6.49. The molecule has 1 aromatic heterocycles. The Morgan fingerprint density at radius 3 is 2.69 bits per heavy atom. The minimum atomic E-state index is -0.0917. The Bertz CT molecular complexity index is 926. The molecule has 0 aromatic carbocycles. The molecule has 0 atom stereocenters. The summed E-state index contributed by atoms with van der Waals surface area (Å²) in [5.41, 5.74) is 20.7. The fourth-order valence-corrected chi connectivity index (χ4v) is 2.72. The summed E-state index contributed by atoms with van der Waals surface area (Å²) in [6.07, 6.45) is 4.13. The number of pyridine rings is 1. The van der Waals surface area contributed by atoms with Crippen molar-refractivity contribution in [3.05, 3.63) is 59.2 Å². The number of nitrogens with two attached hydrogens (primary N) is 3. The number of urea groups is 1. The van der Waals surface area contributed by atoms with Crippen molar-refractivity contribution in [2.24, 2.45) is 16.5 Å². The number of nitrogens with zero attached hydrogens (tertiary/aromatic N) is 3. The Morgan fingerprint density at radius 1 is 1.41 bits per heavy atom. The lowest BCUT2D eigenvalue weighted by Crippen LogP contribution is -2.42. The molecule has 2 rings (SSSR count). The maximum atomic E-state index is 12.0. The van der Waals surface area contributed by atoms with Gasteiger partial charge in [0, 0.05) is 37.1 Å². The largest absolute Gasteiger partial charge is 0.401 e. The number of amides is 2. The monoisotopic (exact) mass is 393 g/mol. The normalized spacial score (nSPS) is 14.9. The first-order valence-corrected chi connectivity index (χ1v) is 9.27. The lowest BCUT2D eigenvalue weighted by molar-refractivity contribution is 0.203. The third-order valence-corrected chi connectivity index (χ3v) is 4.13. The molecule has 8 nitrogen and oxygen atoms in total. The first-order chi connectivity index (χ1) is 13.8. The van der Waals surface area contributed by atoms with Gasteiger partial charge in [-0.3, -0.25) is 0 Å². The van der Waals surface area contributed by atoms with E-state index in [0.29, 0.717) is 54.4 Å². The molecule has 1 aliphatic rings. The second-order valence-electron chi connectivity index (χ2n) is 6.49. The smallest absolute Gasteiger partial charge is 0.317 e. The van der Waals surface area contributed by atoms with E-state index in [4.69, 9.17) is 17.2 Å². The summed E-state index contributed by atoms with van der Waals surface area (Å²) in [6, 6.07) is 3.37. The third-order valence-electron chi connectivity index (χ3n) is 4.13. The summed E-state index contributed by atoms with van der Waals surface area (Å²) < 4.78 is 0. The lowest BCUT2D eigenvalue weighted by atomic mass is 9.95. The Labute approximate surface area is 171 Å². The van der Waals surface area contributed by atoms with E-state index in [1.54, 1.807) is 30.2 Å². The van der Waals surface area contributed by atoms with Crippen LogP contribution < -0.4 is 22.5 Å². The minimum Gasteiger partial charge on any atom is -0.401 e. The summed E-state index contributed by atoms with van der Waals surface area (Å²) in [4.78, 5) is 22.2. The highest BCUT2D eigenvalue weighted by atomic mass is 16.2. The van der Waals surface area contributed by atoms with Crippen LogP contribution in [0, 0.1) is 11.8 Å². The van der Waals surface area contributed by atoms with Gasteiger partial charge < -0.3 is 27.4 Å². The zero-order chi connectivity index (χ0) is 21.4. The molecule has 0 fully saturated rings. The second kappa shape index (κ2) is 9.99. The van der Waals surface area contributed by atoms with Gasteiger partial charge >= 0.3 is 6.03 Å². The molecule has 0 bridgehead atoms. The molecule has 152 valence electrons. The molecule has 2 heterocycles. The molecule has 1 aliphatic heterocycles. The topological polar surface area (TPSA) is 136 Å². The van der Waals surface area contributed by atoms with Crippen LogP contribution >= 0.6 is 0 Å². The zero-order valence-electron chi connectivity index (χ0n) is 16.8. The Balaban J connectivity index is 2.36. The molecule has 0 radical (unpaired) electrons. The molecule has 0 saturated carbocycles. The number of carbonyl (C=O) groups excluding carboxylic acids is 1. The third kappa shape index (κ3) is 6.14. The van der Waals surface area contributed by atoms with Crippen LogP contribution in [0.4, 0.5) is 10.6 Å². The van der Waals surface area contributed by atoms with E-state index in [2.05, 4.69) is 33.7 Å². The number of anilines is 1. The quantitative estimate of drug-likeness (QED) is 0.454. The number of aliphatic imine (C=N–C) groups is 1. The van der Waals surface area contributed by atoms with Gasteiger partial charge in [-0.1, -0.05) is 24.5 Å². The fourth-order valence-electron chi connectivity index (χ4n) is 2.72. The molecular weight excluding hydrogens is 366 g/mol. The van der Waals surface area contributed by atoms with E-state index in [9.17, 15) is 4.79 Å². The Kier molecular flexibility index (Phi) is 7.43. The van der Waals surface area contributed by atoms with E-state index >= 15 is 0 Å². The van der Waals surface area contributed by atoms with Crippen molar-refractivity contribution in [2.75, 3.05) is 25.4 Å². The summed E-state index contributed by atoms with van der Waals surface area (Å²) in [5.74, 6) is 6.68. The average molecular weight is 393 g/mol. The molecule has 0 unspecified atom stereocenters. The van der Waals surface area contributed by atoms with Crippen molar-refractivity contribution >= 4 is 17.6 Å². The van der Waals surface area contributed by atoms with Crippen LogP contribution in [0.15, 0.2) is 58.6 Å². The Hall–Kier alpha value is -3.73. The van der Waals surface area contributed by atoms with Crippen LogP contribution in [0.2, 0.25) is 0 Å². The highest BCUT2D eigenvalue weighted by Gasteiger charge is 2.21. The summed E-state index contributed by atoms with van der Waals surface area (Å²) in [6.45, 7) is 8.92. The summed E-state index contributed by atoms with van der Waals surface area (Å²) in [7, 11) is 0. The van der Waals surface area contributed by atoms with Crippen molar-refractivity contribution in [1.29, 1.82) is 0 Å². The van der Waals surface area contributed by atoms with Gasteiger partial charge in [0.05, 0.1) is 11.3 Å². The minimum absolute atomic E-state index is 0.0917. The van der Waals surface area contributed by atoms with Crippen molar-refractivity contribution < 1.29 is 4.79 Å². The summed E-state index contributed by atoms with van der Waals surface area (Å²) in [5, 5.41) is 2.80. The molecule has 1 aromatic rings. The first-order valence-electron chi connectivity index (χ1n) is 9.27. The highest BCUT2D eigenvalue weighted by molar-refractivity contribution is 6.16. The van der Waals surface area contributed by atoms with E-state index in [1.165, 1.54) is 0 Å². The van der Waals surface area contributed by atoms with Crippen molar-refractivity contribution in [1.82, 2.24) is 15.2 Å². The number of hydrogen-bond donors (Lipinski definition) is 4.